The van der Waals surface area contributed by atoms with Crippen LogP contribution in [0.25, 0.3) is 10.9 Å². The van der Waals surface area contributed by atoms with Gasteiger partial charge in [0.25, 0.3) is 0 Å². The molecule has 0 unspecified atom stereocenters. The smallest absolute Gasteiger partial charge is 0.126 e. The molecular formula is C13H15FN2. The lowest BCUT2D eigenvalue weighted by Crippen LogP contribution is -2.14. The maximum atomic E-state index is 13.4. The van der Waals surface area contributed by atoms with E-state index in [0.29, 0.717) is 6.04 Å². The Hall–Kier alpha value is -1.51. The third-order valence-corrected chi connectivity index (χ3v) is 3.34. The van der Waals surface area contributed by atoms with Crippen LogP contribution < -0.4 is 5.32 Å². The molecule has 0 aliphatic heterocycles. The second-order valence-corrected chi connectivity index (χ2v) is 4.52. The van der Waals surface area contributed by atoms with Gasteiger partial charge in [0.2, 0.25) is 0 Å². The summed E-state index contributed by atoms with van der Waals surface area (Å²) in [5.74, 6) is -0.174. The van der Waals surface area contributed by atoms with Crippen LogP contribution in [-0.2, 0) is 0 Å². The van der Waals surface area contributed by atoms with Gasteiger partial charge in [0.05, 0.1) is 11.2 Å². The Balaban J connectivity index is 1.97. The van der Waals surface area contributed by atoms with Crippen LogP contribution in [0.1, 0.15) is 25.7 Å². The molecule has 2 aromatic rings. The van der Waals surface area contributed by atoms with Crippen molar-refractivity contribution in [3.05, 3.63) is 30.2 Å². The first-order valence-corrected chi connectivity index (χ1v) is 5.86. The number of anilines is 1. The second kappa shape index (κ2) is 3.81. The van der Waals surface area contributed by atoms with Gasteiger partial charge in [-0.1, -0.05) is 12.8 Å². The van der Waals surface area contributed by atoms with Crippen molar-refractivity contribution in [2.24, 2.45) is 0 Å². The third kappa shape index (κ3) is 1.66. The number of fused-ring (bicyclic) bond motifs is 1. The van der Waals surface area contributed by atoms with Gasteiger partial charge in [-0.15, -0.1) is 0 Å². The number of H-pyrrole nitrogens is 1. The molecule has 0 spiro atoms. The molecule has 0 amide bonds. The van der Waals surface area contributed by atoms with E-state index in [2.05, 4.69) is 10.3 Å². The quantitative estimate of drug-likeness (QED) is 0.791. The van der Waals surface area contributed by atoms with Gasteiger partial charge in [0.1, 0.15) is 5.82 Å². The van der Waals surface area contributed by atoms with E-state index in [-0.39, 0.29) is 5.82 Å². The molecule has 3 heteroatoms. The van der Waals surface area contributed by atoms with Crippen molar-refractivity contribution >= 4 is 16.6 Å². The molecule has 0 radical (unpaired) electrons. The zero-order valence-electron chi connectivity index (χ0n) is 9.09. The van der Waals surface area contributed by atoms with Gasteiger partial charge in [0, 0.05) is 17.6 Å². The lowest BCUT2D eigenvalue weighted by atomic mass is 10.2. The maximum absolute atomic E-state index is 13.4. The zero-order valence-corrected chi connectivity index (χ0v) is 9.09. The normalized spacial score (nSPS) is 17.1. The van der Waals surface area contributed by atoms with Crippen LogP contribution in [0.2, 0.25) is 0 Å². The summed E-state index contributed by atoms with van der Waals surface area (Å²) in [5, 5.41) is 4.37. The molecule has 1 fully saturated rings. The Morgan fingerprint density at radius 3 is 2.88 bits per heavy atom. The molecule has 1 aromatic carbocycles. The molecule has 0 saturated heterocycles. The van der Waals surface area contributed by atoms with E-state index in [1.807, 2.05) is 12.3 Å². The van der Waals surface area contributed by atoms with Crippen LogP contribution >= 0.6 is 0 Å². The van der Waals surface area contributed by atoms with Crippen LogP contribution in [0.3, 0.4) is 0 Å². The van der Waals surface area contributed by atoms with Gasteiger partial charge in [-0.2, -0.15) is 0 Å². The molecule has 3 rings (SSSR count). The maximum Gasteiger partial charge on any atom is 0.126 e. The molecular weight excluding hydrogens is 203 g/mol. The predicted octanol–water partition coefficient (Wildman–Crippen LogP) is 3.66. The van der Waals surface area contributed by atoms with Crippen molar-refractivity contribution in [2.75, 3.05) is 5.32 Å². The summed E-state index contributed by atoms with van der Waals surface area (Å²) in [6.45, 7) is 0. The van der Waals surface area contributed by atoms with E-state index in [1.54, 1.807) is 12.1 Å². The summed E-state index contributed by atoms with van der Waals surface area (Å²) in [4.78, 5) is 3.16. The van der Waals surface area contributed by atoms with Crippen molar-refractivity contribution < 1.29 is 4.39 Å². The van der Waals surface area contributed by atoms with E-state index < -0.39 is 0 Å². The molecule has 0 atom stereocenters. The summed E-state index contributed by atoms with van der Waals surface area (Å²) in [6.07, 6.45) is 6.79. The second-order valence-electron chi connectivity index (χ2n) is 4.52. The highest BCUT2D eigenvalue weighted by Crippen LogP contribution is 2.28. The Morgan fingerprint density at radius 2 is 2.06 bits per heavy atom. The third-order valence-electron chi connectivity index (χ3n) is 3.34. The van der Waals surface area contributed by atoms with E-state index in [1.165, 1.54) is 25.7 Å². The van der Waals surface area contributed by atoms with Gasteiger partial charge in [-0.05, 0) is 31.0 Å². The number of rotatable bonds is 2. The fraction of sp³-hybridized carbons (Fsp3) is 0.385. The molecule has 2 N–H and O–H groups in total. The van der Waals surface area contributed by atoms with Crippen molar-refractivity contribution in [3.63, 3.8) is 0 Å². The largest absolute Gasteiger partial charge is 0.381 e. The van der Waals surface area contributed by atoms with Crippen molar-refractivity contribution in [3.8, 4) is 0 Å². The van der Waals surface area contributed by atoms with Crippen molar-refractivity contribution in [2.45, 2.75) is 31.7 Å². The minimum absolute atomic E-state index is 0.174. The van der Waals surface area contributed by atoms with Gasteiger partial charge in [-0.25, -0.2) is 4.39 Å². The first-order chi connectivity index (χ1) is 7.83. The summed E-state index contributed by atoms with van der Waals surface area (Å²) in [5.41, 5.74) is 1.90. The highest BCUT2D eigenvalue weighted by atomic mass is 19.1. The van der Waals surface area contributed by atoms with Crippen LogP contribution in [-0.4, -0.2) is 11.0 Å². The minimum atomic E-state index is -0.174. The Labute approximate surface area is 93.9 Å². The molecule has 1 heterocycles. The molecule has 0 bridgehead atoms. The minimum Gasteiger partial charge on any atom is -0.381 e. The van der Waals surface area contributed by atoms with Gasteiger partial charge < -0.3 is 10.3 Å². The molecule has 1 aliphatic rings. The first kappa shape index (κ1) is 9.70. The van der Waals surface area contributed by atoms with Gasteiger partial charge in [0.15, 0.2) is 0 Å². The number of nitrogens with one attached hydrogen (secondary N) is 2. The molecule has 1 aromatic heterocycles. The average molecular weight is 218 g/mol. The van der Waals surface area contributed by atoms with E-state index >= 15 is 0 Å². The lowest BCUT2D eigenvalue weighted by Gasteiger charge is -2.14. The number of aromatic amines is 1. The number of hydrogen-bond donors (Lipinski definition) is 2. The monoisotopic (exact) mass is 218 g/mol. The summed E-state index contributed by atoms with van der Waals surface area (Å²) >= 11 is 0. The average Bonchev–Trinajstić information content (AvgIpc) is 2.87. The number of benzene rings is 1. The van der Waals surface area contributed by atoms with Crippen molar-refractivity contribution in [1.82, 2.24) is 4.98 Å². The summed E-state index contributed by atoms with van der Waals surface area (Å²) in [7, 11) is 0. The van der Waals surface area contributed by atoms with Crippen LogP contribution in [0, 0.1) is 5.82 Å². The van der Waals surface area contributed by atoms with Crippen molar-refractivity contribution in [1.29, 1.82) is 0 Å². The molecule has 84 valence electrons. The van der Waals surface area contributed by atoms with E-state index in [4.69, 9.17) is 0 Å². The Bertz CT molecular complexity index is 498. The van der Waals surface area contributed by atoms with E-state index in [0.717, 1.165) is 16.6 Å². The fourth-order valence-corrected chi connectivity index (χ4v) is 2.54. The number of hydrogen-bond acceptors (Lipinski definition) is 1. The summed E-state index contributed by atoms with van der Waals surface area (Å²) < 4.78 is 13.4. The first-order valence-electron chi connectivity index (χ1n) is 5.86. The predicted molar refractivity (Wildman–Crippen MR) is 64.1 cm³/mol. The van der Waals surface area contributed by atoms with Gasteiger partial charge >= 0.3 is 0 Å². The van der Waals surface area contributed by atoms with Crippen LogP contribution in [0.5, 0.6) is 0 Å². The lowest BCUT2D eigenvalue weighted by molar-refractivity contribution is 0.629. The highest BCUT2D eigenvalue weighted by molar-refractivity contribution is 5.91. The zero-order chi connectivity index (χ0) is 11.0. The topological polar surface area (TPSA) is 27.8 Å². The molecule has 1 aliphatic carbocycles. The molecule has 1 saturated carbocycles. The molecule has 16 heavy (non-hydrogen) atoms. The highest BCUT2D eigenvalue weighted by Gasteiger charge is 2.16. The van der Waals surface area contributed by atoms with Gasteiger partial charge in [-0.3, -0.25) is 0 Å². The number of aromatic nitrogens is 1. The van der Waals surface area contributed by atoms with Crippen LogP contribution in [0.15, 0.2) is 24.4 Å². The number of halogens is 1. The Morgan fingerprint density at radius 1 is 1.25 bits per heavy atom. The summed E-state index contributed by atoms with van der Waals surface area (Å²) in [6, 6.07) is 5.55. The standard InChI is InChI=1S/C13H15FN2/c14-10-7-9-5-6-15-13(9)12(8-10)16-11-3-1-2-4-11/h5-8,11,15-16H,1-4H2. The SMILES string of the molecule is Fc1cc(NC2CCCC2)c2[nH]ccc2c1. The molecule has 2 nitrogen and oxygen atoms in total. The van der Waals surface area contributed by atoms with E-state index in [9.17, 15) is 4.39 Å². The van der Waals surface area contributed by atoms with Crippen LogP contribution in [0.4, 0.5) is 10.1 Å². The fourth-order valence-electron chi connectivity index (χ4n) is 2.54. The Kier molecular flexibility index (Phi) is 2.31.